The van der Waals surface area contributed by atoms with Crippen LogP contribution in [0.4, 0.5) is 0 Å². The van der Waals surface area contributed by atoms with Gasteiger partial charge < -0.3 is 9.84 Å². The van der Waals surface area contributed by atoms with Crippen LogP contribution in [0.1, 0.15) is 44.6 Å². The van der Waals surface area contributed by atoms with Gasteiger partial charge in [0.05, 0.1) is 0 Å². The van der Waals surface area contributed by atoms with E-state index in [2.05, 4.69) is 6.92 Å². The van der Waals surface area contributed by atoms with Crippen LogP contribution in [0.15, 0.2) is 47.4 Å². The Labute approximate surface area is 177 Å². The van der Waals surface area contributed by atoms with Gasteiger partial charge in [-0.25, -0.2) is 0 Å². The van der Waals surface area contributed by atoms with E-state index in [4.69, 9.17) is 4.74 Å². The van der Waals surface area contributed by atoms with Crippen molar-refractivity contribution in [3.05, 3.63) is 48.0 Å². The number of rotatable bonds is 9. The summed E-state index contributed by atoms with van der Waals surface area (Å²) in [5.41, 5.74) is 1.19. The molecule has 0 saturated carbocycles. The first-order valence-corrected chi connectivity index (χ1v) is 9.89. The van der Waals surface area contributed by atoms with E-state index in [0.717, 1.165) is 18.9 Å². The zero-order valence-corrected chi connectivity index (χ0v) is 18.1. The molecule has 0 aromatic heterocycles. The molecule has 2 rings (SSSR count). The average molecular weight is 386 g/mol. The largest absolute Gasteiger partial charge is 1.00 e. The molecule has 0 aliphatic rings. The van der Waals surface area contributed by atoms with E-state index in [9.17, 15) is 18.1 Å². The SMILES string of the molecule is CCCCCCCc1ccc(Oc2ccc([O-])cc2S(=O)(=O)O)cc1.[Na+]. The Balaban J connectivity index is 0.00000338. The molecular weight excluding hydrogens is 363 g/mol. The summed E-state index contributed by atoms with van der Waals surface area (Å²) in [5, 5.41) is 11.3. The van der Waals surface area contributed by atoms with E-state index in [1.165, 1.54) is 43.4 Å². The molecule has 0 aliphatic heterocycles. The van der Waals surface area contributed by atoms with Crippen molar-refractivity contribution < 1.29 is 52.4 Å². The van der Waals surface area contributed by atoms with Crippen molar-refractivity contribution in [2.24, 2.45) is 0 Å². The molecule has 0 bridgehead atoms. The second-order valence-corrected chi connectivity index (χ2v) is 7.38. The number of hydrogen-bond acceptors (Lipinski definition) is 4. The number of hydrogen-bond donors (Lipinski definition) is 1. The molecule has 0 saturated heterocycles. The van der Waals surface area contributed by atoms with Crippen LogP contribution < -0.4 is 39.4 Å². The molecule has 136 valence electrons. The van der Waals surface area contributed by atoms with Gasteiger partial charge in [0, 0.05) is 0 Å². The fourth-order valence-corrected chi connectivity index (χ4v) is 3.19. The normalized spacial score (nSPS) is 11.0. The van der Waals surface area contributed by atoms with Crippen molar-refractivity contribution in [2.75, 3.05) is 0 Å². The predicted octanol–water partition coefficient (Wildman–Crippen LogP) is 1.32. The molecule has 2 aromatic rings. The summed E-state index contributed by atoms with van der Waals surface area (Å²) in [6, 6.07) is 10.6. The van der Waals surface area contributed by atoms with Crippen molar-refractivity contribution in [1.29, 1.82) is 0 Å². The van der Waals surface area contributed by atoms with Gasteiger partial charge in [-0.2, -0.15) is 8.42 Å². The Morgan fingerprint density at radius 2 is 1.65 bits per heavy atom. The van der Waals surface area contributed by atoms with E-state index in [-0.39, 0.29) is 35.3 Å². The molecule has 1 N–H and O–H groups in total. The first-order chi connectivity index (χ1) is 11.9. The molecule has 0 unspecified atom stereocenters. The third-order valence-corrected chi connectivity index (χ3v) is 4.79. The van der Waals surface area contributed by atoms with Crippen molar-refractivity contribution in [1.82, 2.24) is 0 Å². The van der Waals surface area contributed by atoms with Crippen LogP contribution in [-0.4, -0.2) is 13.0 Å². The third-order valence-electron chi connectivity index (χ3n) is 3.91. The van der Waals surface area contributed by atoms with Crippen LogP contribution in [0.5, 0.6) is 17.2 Å². The molecule has 0 atom stereocenters. The molecule has 26 heavy (non-hydrogen) atoms. The van der Waals surface area contributed by atoms with Gasteiger partial charge >= 0.3 is 29.6 Å². The number of unbranched alkanes of at least 4 members (excludes halogenated alkanes) is 4. The van der Waals surface area contributed by atoms with Gasteiger partial charge in [-0.15, -0.1) is 5.75 Å². The summed E-state index contributed by atoms with van der Waals surface area (Å²) in [6.07, 6.45) is 7.09. The molecule has 0 radical (unpaired) electrons. The first kappa shape index (κ1) is 23.0. The quantitative estimate of drug-likeness (QED) is 0.399. The van der Waals surface area contributed by atoms with Gasteiger partial charge in [0.1, 0.15) is 16.4 Å². The zero-order valence-electron chi connectivity index (χ0n) is 15.3. The monoisotopic (exact) mass is 386 g/mol. The number of aryl methyl sites for hydroxylation is 1. The van der Waals surface area contributed by atoms with Crippen molar-refractivity contribution >= 4 is 10.1 Å². The standard InChI is InChI=1S/C19H24O5S.Na/c1-2-3-4-5-6-7-15-8-11-17(12-9-15)24-18-13-10-16(20)14-19(18)25(21,22)23;/h8-14,20H,2-7H2,1H3,(H,21,22,23);/q;+1/p-1. The molecule has 0 spiro atoms. The Kier molecular flexibility index (Phi) is 9.68. The number of benzene rings is 2. The van der Waals surface area contributed by atoms with E-state index in [0.29, 0.717) is 5.75 Å². The maximum Gasteiger partial charge on any atom is 1.00 e. The summed E-state index contributed by atoms with van der Waals surface area (Å²) < 4.78 is 37.5. The summed E-state index contributed by atoms with van der Waals surface area (Å²) in [4.78, 5) is -0.528. The van der Waals surface area contributed by atoms with Crippen LogP contribution in [0.2, 0.25) is 0 Å². The van der Waals surface area contributed by atoms with Crippen LogP contribution in [0.25, 0.3) is 0 Å². The van der Waals surface area contributed by atoms with Crippen molar-refractivity contribution in [3.63, 3.8) is 0 Å². The smallest absolute Gasteiger partial charge is 0.872 e. The molecule has 5 nitrogen and oxygen atoms in total. The van der Waals surface area contributed by atoms with Gasteiger partial charge in [-0.3, -0.25) is 4.55 Å². The van der Waals surface area contributed by atoms with E-state index >= 15 is 0 Å². The van der Waals surface area contributed by atoms with Gasteiger partial charge in [0.15, 0.2) is 0 Å². The van der Waals surface area contributed by atoms with Crippen LogP contribution >= 0.6 is 0 Å². The molecule has 0 aliphatic carbocycles. The maximum atomic E-state index is 11.4. The Morgan fingerprint density at radius 3 is 2.27 bits per heavy atom. The summed E-state index contributed by atoms with van der Waals surface area (Å²) >= 11 is 0. The second-order valence-electron chi connectivity index (χ2n) is 5.99. The molecule has 2 aromatic carbocycles. The van der Waals surface area contributed by atoms with Gasteiger partial charge in [0.25, 0.3) is 10.1 Å². The van der Waals surface area contributed by atoms with Gasteiger partial charge in [0.2, 0.25) is 0 Å². The first-order valence-electron chi connectivity index (χ1n) is 8.45. The molecule has 0 heterocycles. The van der Waals surface area contributed by atoms with Crippen LogP contribution in [0.3, 0.4) is 0 Å². The Bertz CT molecular complexity index is 788. The van der Waals surface area contributed by atoms with E-state index in [1.807, 2.05) is 12.1 Å². The zero-order chi connectivity index (χ0) is 18.3. The average Bonchev–Trinajstić information content (AvgIpc) is 2.57. The van der Waals surface area contributed by atoms with E-state index < -0.39 is 20.8 Å². The fourth-order valence-electron chi connectivity index (χ4n) is 2.56. The van der Waals surface area contributed by atoms with Crippen molar-refractivity contribution in [3.8, 4) is 17.2 Å². The molecular formula is C19H23NaO5S. The maximum absolute atomic E-state index is 11.4. The van der Waals surface area contributed by atoms with Gasteiger partial charge in [-0.05, 0) is 42.7 Å². The summed E-state index contributed by atoms with van der Waals surface area (Å²) in [5.74, 6) is -0.147. The summed E-state index contributed by atoms with van der Waals surface area (Å²) in [7, 11) is -4.53. The predicted molar refractivity (Wildman–Crippen MR) is 94.7 cm³/mol. The third kappa shape index (κ3) is 7.29. The van der Waals surface area contributed by atoms with Crippen LogP contribution in [-0.2, 0) is 16.5 Å². The van der Waals surface area contributed by atoms with Crippen LogP contribution in [0, 0.1) is 0 Å². The minimum atomic E-state index is -4.53. The summed E-state index contributed by atoms with van der Waals surface area (Å²) in [6.45, 7) is 2.19. The van der Waals surface area contributed by atoms with E-state index in [1.54, 1.807) is 12.1 Å². The minimum absolute atomic E-state index is 0. The Morgan fingerprint density at radius 1 is 1.00 bits per heavy atom. The fraction of sp³-hybridized carbons (Fsp3) is 0.368. The second kappa shape index (κ2) is 10.9. The van der Waals surface area contributed by atoms with Gasteiger partial charge in [-0.1, -0.05) is 50.8 Å². The minimum Gasteiger partial charge on any atom is -0.872 e. The molecule has 7 heteroatoms. The van der Waals surface area contributed by atoms with Crippen molar-refractivity contribution in [2.45, 2.75) is 50.3 Å². The molecule has 0 fully saturated rings. The topological polar surface area (TPSA) is 86.7 Å². The Hall–Kier alpha value is -1.05. The molecule has 0 amide bonds. The number of ether oxygens (including phenoxy) is 1.